The second kappa shape index (κ2) is 26.2. The number of halogens is 8. The van der Waals surface area contributed by atoms with Gasteiger partial charge in [-0.2, -0.15) is 0 Å². The van der Waals surface area contributed by atoms with Gasteiger partial charge in [-0.05, 0) is 103 Å². The molecule has 0 spiro atoms. The highest BCUT2D eigenvalue weighted by atomic mass is 19.2. The molecule has 0 atom stereocenters. The minimum atomic E-state index is -1.20. The number of rotatable bonds is 16. The highest BCUT2D eigenvalue weighted by Crippen LogP contribution is 2.52. The number of benzene rings is 12. The minimum absolute atomic E-state index is 0.298. The first-order valence-corrected chi connectivity index (χ1v) is 32.6. The second-order valence-corrected chi connectivity index (χ2v) is 24.2. The SMILES string of the molecule is Fc1c(Nc2ccccc2)c(Nc2ccccc2)c(F)c2c1-c1cc3[nH]c(nc4nc(nc5[nH]c(nc-2n1)c1c(F)c(Nc2ccccc2)c(Nc2ccccc2)c(F)c51)-c1c(F)c(Nc2ccccc2)c(Nc2ccccc2)c(F)c1-4)c1c(F)c(Nc2ccccc2)c(Nc2ccccc2)c(F)c31. The molecule has 0 radical (unpaired) electrons. The quantitative estimate of drug-likeness (QED) is 0.0412. The molecule has 10 N–H and O–H groups in total. The highest BCUT2D eigenvalue weighted by molar-refractivity contribution is 6.14. The average Bonchev–Trinajstić information content (AvgIpc) is 1.55. The van der Waals surface area contributed by atoms with Crippen LogP contribution in [0.4, 0.5) is 126 Å². The fourth-order valence-electron chi connectivity index (χ4n) is 12.9. The Morgan fingerprint density at radius 1 is 0.212 bits per heavy atom. The molecule has 15 nitrogen and oxygen atoms in total. The normalized spacial score (nSPS) is 11.5. The molecule has 15 aromatic rings. The van der Waals surface area contributed by atoms with E-state index in [1.807, 2.05) is 0 Å². The van der Waals surface area contributed by atoms with Crippen LogP contribution in [0.15, 0.2) is 249 Å². The van der Waals surface area contributed by atoms with Crippen molar-refractivity contribution in [1.29, 1.82) is 0 Å². The van der Waals surface area contributed by atoms with Crippen molar-refractivity contribution in [2.75, 3.05) is 42.5 Å². The van der Waals surface area contributed by atoms with Crippen molar-refractivity contribution in [3.8, 4) is 45.4 Å². The molecular formula is C81H51F8N15. The van der Waals surface area contributed by atoms with Crippen LogP contribution in [0.2, 0.25) is 0 Å². The topological polar surface area (TPSA) is 192 Å². The number of nitrogens with zero attached hydrogens (tertiary/aromatic N) is 5. The monoisotopic (exact) mass is 1390 g/mol. The molecule has 23 heteroatoms. The third-order valence-electron chi connectivity index (χ3n) is 17.6. The van der Waals surface area contributed by atoms with Crippen molar-refractivity contribution in [2.45, 2.75) is 0 Å². The Morgan fingerprint density at radius 2 is 0.423 bits per heavy atom. The van der Waals surface area contributed by atoms with Crippen LogP contribution in [0, 0.1) is 46.5 Å². The third-order valence-corrected chi connectivity index (χ3v) is 17.6. The Hall–Kier alpha value is -14.1. The van der Waals surface area contributed by atoms with E-state index >= 15 is 35.1 Å². The number of H-pyrrole nitrogens is 2. The number of nitrogens with one attached hydrogen (secondary N) is 10. The summed E-state index contributed by atoms with van der Waals surface area (Å²) in [5.74, 6) is -11.5. The molecule has 104 heavy (non-hydrogen) atoms. The zero-order valence-corrected chi connectivity index (χ0v) is 53.9. The first kappa shape index (κ1) is 63.4. The Labute approximate surface area is 585 Å². The van der Waals surface area contributed by atoms with E-state index in [4.69, 9.17) is 24.9 Å². The molecule has 3 aromatic heterocycles. The van der Waals surface area contributed by atoms with Crippen molar-refractivity contribution in [2.24, 2.45) is 0 Å². The molecule has 0 fully saturated rings. The summed E-state index contributed by atoms with van der Waals surface area (Å²) in [5, 5.41) is 21.7. The van der Waals surface area contributed by atoms with Crippen LogP contribution >= 0.6 is 0 Å². The van der Waals surface area contributed by atoms with Crippen LogP contribution in [0.1, 0.15) is 0 Å². The molecule has 506 valence electrons. The van der Waals surface area contributed by atoms with Gasteiger partial charge in [-0.3, -0.25) is 0 Å². The van der Waals surface area contributed by atoms with Gasteiger partial charge in [0.05, 0.1) is 55.0 Å². The fraction of sp³-hybridized carbons (Fsp3) is 0. The van der Waals surface area contributed by atoms with Crippen LogP contribution in [0.25, 0.3) is 89.4 Å². The molecule has 0 saturated carbocycles. The van der Waals surface area contributed by atoms with Gasteiger partial charge in [-0.25, -0.2) is 60.0 Å². The van der Waals surface area contributed by atoms with E-state index < -0.39 is 176 Å². The highest BCUT2D eigenvalue weighted by Gasteiger charge is 2.37. The summed E-state index contributed by atoms with van der Waals surface area (Å²) in [6.07, 6.45) is 0. The summed E-state index contributed by atoms with van der Waals surface area (Å²) in [6.45, 7) is 0. The fourth-order valence-corrected chi connectivity index (χ4v) is 12.9. The lowest BCUT2D eigenvalue weighted by molar-refractivity contribution is 0.613. The van der Waals surface area contributed by atoms with Crippen LogP contribution in [0.5, 0.6) is 0 Å². The summed E-state index contributed by atoms with van der Waals surface area (Å²) in [7, 11) is 0. The first-order valence-electron chi connectivity index (χ1n) is 32.6. The maximum atomic E-state index is 18.9. The van der Waals surface area contributed by atoms with Crippen molar-refractivity contribution in [3.63, 3.8) is 0 Å². The molecule has 8 bridgehead atoms. The Kier molecular flexibility index (Phi) is 16.0. The Balaban J connectivity index is 1.06. The number of aromatic amines is 2. The summed E-state index contributed by atoms with van der Waals surface area (Å²) in [6, 6.07) is 67.6. The summed E-state index contributed by atoms with van der Waals surface area (Å²) < 4.78 is 151. The number of fused-ring (bicyclic) bond motifs is 20. The zero-order valence-electron chi connectivity index (χ0n) is 53.9. The Bertz CT molecular complexity index is 5340. The number of hydrogen-bond acceptors (Lipinski definition) is 13. The van der Waals surface area contributed by atoms with E-state index in [0.29, 0.717) is 45.5 Å². The zero-order chi connectivity index (χ0) is 70.7. The van der Waals surface area contributed by atoms with E-state index in [0.717, 1.165) is 6.07 Å². The number of para-hydroxylation sites is 8. The van der Waals surface area contributed by atoms with Crippen molar-refractivity contribution in [3.05, 3.63) is 295 Å². The predicted molar refractivity (Wildman–Crippen MR) is 396 cm³/mol. The minimum Gasteiger partial charge on any atom is -0.351 e. The van der Waals surface area contributed by atoms with Crippen LogP contribution < -0.4 is 42.5 Å². The van der Waals surface area contributed by atoms with Gasteiger partial charge in [0.2, 0.25) is 0 Å². The van der Waals surface area contributed by atoms with Gasteiger partial charge in [0.1, 0.15) is 62.4 Å². The lowest BCUT2D eigenvalue weighted by atomic mass is 10.0. The van der Waals surface area contributed by atoms with E-state index in [2.05, 4.69) is 52.5 Å². The molecule has 17 rings (SSSR count). The van der Waals surface area contributed by atoms with Crippen molar-refractivity contribution in [1.82, 2.24) is 34.9 Å². The van der Waals surface area contributed by atoms with Crippen LogP contribution in [0.3, 0.4) is 0 Å². The van der Waals surface area contributed by atoms with E-state index in [1.165, 1.54) is 0 Å². The van der Waals surface area contributed by atoms with Gasteiger partial charge in [-0.1, -0.05) is 146 Å². The van der Waals surface area contributed by atoms with Gasteiger partial charge in [0, 0.05) is 45.5 Å². The van der Waals surface area contributed by atoms with Gasteiger partial charge in [0.15, 0.2) is 64.0 Å². The van der Waals surface area contributed by atoms with Gasteiger partial charge in [0.25, 0.3) is 0 Å². The molecule has 0 amide bonds. The predicted octanol–water partition coefficient (Wildman–Crippen LogP) is 22.5. The average molecular weight is 1390 g/mol. The molecule has 2 aliphatic heterocycles. The van der Waals surface area contributed by atoms with Crippen LogP contribution in [-0.4, -0.2) is 34.9 Å². The third kappa shape index (κ3) is 11.3. The molecule has 12 aromatic carbocycles. The molecule has 0 saturated heterocycles. The van der Waals surface area contributed by atoms with Crippen molar-refractivity contribution < 1.29 is 35.1 Å². The van der Waals surface area contributed by atoms with Gasteiger partial charge < -0.3 is 52.5 Å². The molecule has 2 aliphatic rings. The maximum Gasteiger partial charge on any atom is 0.167 e. The maximum absolute atomic E-state index is 18.9. The van der Waals surface area contributed by atoms with E-state index in [9.17, 15) is 0 Å². The Morgan fingerprint density at radius 3 is 0.702 bits per heavy atom. The molecular weight excluding hydrogens is 1330 g/mol. The number of aromatic nitrogens is 7. The lowest BCUT2D eigenvalue weighted by Gasteiger charge is -2.19. The molecule has 0 aliphatic carbocycles. The van der Waals surface area contributed by atoms with Gasteiger partial charge in [-0.15, -0.1) is 0 Å². The molecule has 5 heterocycles. The first-order chi connectivity index (χ1) is 50.9. The largest absolute Gasteiger partial charge is 0.351 e. The molecule has 0 unspecified atom stereocenters. The number of anilines is 16. The van der Waals surface area contributed by atoms with E-state index in [-0.39, 0.29) is 5.52 Å². The number of hydrogen-bond donors (Lipinski definition) is 10. The van der Waals surface area contributed by atoms with Crippen LogP contribution in [-0.2, 0) is 0 Å². The summed E-state index contributed by atoms with van der Waals surface area (Å²) in [4.78, 5) is 30.1. The second-order valence-electron chi connectivity index (χ2n) is 24.2. The summed E-state index contributed by atoms with van der Waals surface area (Å²) in [5.41, 5.74) is -6.51. The lowest BCUT2D eigenvalue weighted by Crippen LogP contribution is -2.06. The standard InChI is InChI=1S/C81H51F8N15/c82-60-52-50-41-51-53-55(63(85)71(93-45-31-15-4-16-32-45)69(61(53)83)91-43-27-11-2-12-28-43)77(99-51)101-79-57-59(67(89)75(97-49-39-23-8-24-40-49)73(65(57)87)95-47-35-19-6-20-36-47)81(103-79)104-80-58-56(64(86)72(94-46-33-17-5-18-34-46)74(66(58)88)96-48-37-21-7-22-38-48)78(102-80)100-76(98-50)54(52)62(84)70(92-44-29-13-3-14-30-44)68(60)90-42-25-9-1-10-26-42/h1-41,90-97H,(H2,98,99,100,101,102,103,104). The van der Waals surface area contributed by atoms with Gasteiger partial charge >= 0.3 is 0 Å². The summed E-state index contributed by atoms with van der Waals surface area (Å²) >= 11 is 0. The van der Waals surface area contributed by atoms with E-state index in [1.54, 1.807) is 243 Å². The smallest absolute Gasteiger partial charge is 0.167 e. The van der Waals surface area contributed by atoms with Crippen molar-refractivity contribution >= 4 is 135 Å².